The van der Waals surface area contributed by atoms with E-state index in [-0.39, 0.29) is 0 Å². The highest BCUT2D eigenvalue weighted by atomic mass is 16.5. The number of hydrogen-bond acceptors (Lipinski definition) is 6. The van der Waals surface area contributed by atoms with Crippen molar-refractivity contribution in [3.63, 3.8) is 0 Å². The molecule has 0 spiro atoms. The number of imide groups is 1. The smallest absolute Gasteiger partial charge is 0.325 e. The van der Waals surface area contributed by atoms with Gasteiger partial charge in [-0.2, -0.15) is 0 Å². The van der Waals surface area contributed by atoms with Crippen LogP contribution >= 0.6 is 0 Å². The molecule has 0 unspecified atom stereocenters. The van der Waals surface area contributed by atoms with Gasteiger partial charge in [0.15, 0.2) is 6.61 Å². The van der Waals surface area contributed by atoms with Gasteiger partial charge in [0.05, 0.1) is 7.11 Å². The number of nitrogens with zero attached hydrogens (tertiary/aromatic N) is 1. The van der Waals surface area contributed by atoms with Crippen LogP contribution in [0.25, 0.3) is 0 Å². The highest BCUT2D eigenvalue weighted by Crippen LogP contribution is 2.10. The van der Waals surface area contributed by atoms with Crippen LogP contribution in [0, 0.1) is 0 Å². The van der Waals surface area contributed by atoms with Gasteiger partial charge in [-0.25, -0.2) is 0 Å². The van der Waals surface area contributed by atoms with Crippen molar-refractivity contribution in [2.75, 3.05) is 20.3 Å². The van der Waals surface area contributed by atoms with Gasteiger partial charge in [0.1, 0.15) is 18.0 Å². The van der Waals surface area contributed by atoms with Crippen molar-refractivity contribution in [2.24, 2.45) is 7.05 Å². The molecule has 0 saturated heterocycles. The number of aryl methyl sites for hydroxylation is 1. The van der Waals surface area contributed by atoms with Crippen molar-refractivity contribution in [1.29, 1.82) is 0 Å². The van der Waals surface area contributed by atoms with Crippen LogP contribution in [0.15, 0.2) is 42.6 Å². The first-order chi connectivity index (χ1) is 12.9. The summed E-state index contributed by atoms with van der Waals surface area (Å²) in [5.74, 6) is -2.05. The van der Waals surface area contributed by atoms with Crippen molar-refractivity contribution < 1.29 is 28.7 Å². The number of nitrogens with one attached hydrogen (secondary N) is 2. The predicted molar refractivity (Wildman–Crippen MR) is 94.2 cm³/mol. The minimum absolute atomic E-state index is 0.293. The largest absolute Gasteiger partial charge is 0.497 e. The van der Waals surface area contributed by atoms with Crippen molar-refractivity contribution in [3.05, 3.63) is 53.9 Å². The van der Waals surface area contributed by atoms with Crippen LogP contribution < -0.4 is 15.4 Å². The monoisotopic (exact) mass is 373 g/mol. The molecule has 27 heavy (non-hydrogen) atoms. The summed E-state index contributed by atoms with van der Waals surface area (Å²) < 4.78 is 11.3. The molecule has 2 N–H and O–H groups in total. The Balaban J connectivity index is 1.72. The highest BCUT2D eigenvalue weighted by molar-refractivity contribution is 6.04. The van der Waals surface area contributed by atoms with Crippen LogP contribution in [0.1, 0.15) is 20.8 Å². The lowest BCUT2D eigenvalue weighted by Gasteiger charge is -2.08. The number of benzene rings is 1. The average Bonchev–Trinajstić information content (AvgIpc) is 3.10. The van der Waals surface area contributed by atoms with Crippen molar-refractivity contribution in [3.8, 4) is 5.75 Å². The molecule has 0 aliphatic carbocycles. The van der Waals surface area contributed by atoms with E-state index in [1.54, 1.807) is 54.2 Å². The molecule has 0 saturated carbocycles. The van der Waals surface area contributed by atoms with Crippen molar-refractivity contribution in [1.82, 2.24) is 15.2 Å². The molecule has 3 amide bonds. The van der Waals surface area contributed by atoms with Gasteiger partial charge in [-0.1, -0.05) is 0 Å². The first-order valence-corrected chi connectivity index (χ1v) is 7.94. The summed E-state index contributed by atoms with van der Waals surface area (Å²) in [6.45, 7) is -1.04. The Labute approximate surface area is 155 Å². The van der Waals surface area contributed by atoms with Crippen LogP contribution in [0.4, 0.5) is 0 Å². The molecule has 1 aromatic carbocycles. The molecule has 0 bridgehead atoms. The number of carbonyl (C=O) groups excluding carboxylic acids is 4. The molecule has 2 rings (SSSR count). The third-order valence-electron chi connectivity index (χ3n) is 3.54. The summed E-state index contributed by atoms with van der Waals surface area (Å²) in [5, 5.41) is 4.48. The number of amides is 3. The number of rotatable bonds is 7. The van der Waals surface area contributed by atoms with Crippen molar-refractivity contribution in [2.45, 2.75) is 0 Å². The van der Waals surface area contributed by atoms with Gasteiger partial charge in [0.25, 0.3) is 17.7 Å². The Hall–Kier alpha value is -3.62. The lowest BCUT2D eigenvalue weighted by Crippen LogP contribution is -2.37. The van der Waals surface area contributed by atoms with Crippen LogP contribution in [-0.4, -0.2) is 48.5 Å². The van der Waals surface area contributed by atoms with E-state index in [0.717, 1.165) is 0 Å². The fourth-order valence-corrected chi connectivity index (χ4v) is 2.12. The summed E-state index contributed by atoms with van der Waals surface area (Å²) >= 11 is 0. The number of aromatic nitrogens is 1. The maximum atomic E-state index is 11.9. The Morgan fingerprint density at radius 3 is 2.33 bits per heavy atom. The van der Waals surface area contributed by atoms with E-state index in [9.17, 15) is 19.2 Å². The number of hydrogen-bond donors (Lipinski definition) is 2. The standard InChI is InChI=1S/C18H19N3O6/c1-21-9-3-4-14(21)18(25)20-15(22)11-27-16(23)10-19-17(24)12-5-7-13(26-2)8-6-12/h3-9H,10-11H2,1-2H3,(H,19,24)(H,20,22,25). The molecule has 0 fully saturated rings. The topological polar surface area (TPSA) is 116 Å². The zero-order valence-electron chi connectivity index (χ0n) is 14.9. The third-order valence-corrected chi connectivity index (χ3v) is 3.54. The fraction of sp³-hybridized carbons (Fsp3) is 0.222. The molecule has 9 nitrogen and oxygen atoms in total. The van der Waals surface area contributed by atoms with E-state index in [1.807, 2.05) is 0 Å². The zero-order chi connectivity index (χ0) is 19.8. The second-order valence-electron chi connectivity index (χ2n) is 5.45. The van der Waals surface area contributed by atoms with Crippen LogP contribution in [0.5, 0.6) is 5.75 Å². The van der Waals surface area contributed by atoms with Gasteiger partial charge in [0, 0.05) is 18.8 Å². The van der Waals surface area contributed by atoms with Gasteiger partial charge < -0.3 is 19.4 Å². The Bertz CT molecular complexity index is 841. The fourth-order valence-electron chi connectivity index (χ4n) is 2.12. The number of methoxy groups -OCH3 is 1. The van der Waals surface area contributed by atoms with Crippen LogP contribution in [0.3, 0.4) is 0 Å². The molecule has 9 heteroatoms. The van der Waals surface area contributed by atoms with E-state index in [2.05, 4.69) is 10.6 Å². The summed E-state index contributed by atoms with van der Waals surface area (Å²) in [7, 11) is 3.17. The molecule has 142 valence electrons. The Morgan fingerprint density at radius 1 is 1.04 bits per heavy atom. The van der Waals surface area contributed by atoms with Gasteiger partial charge in [0.2, 0.25) is 0 Å². The second-order valence-corrected chi connectivity index (χ2v) is 5.45. The minimum Gasteiger partial charge on any atom is -0.497 e. The Morgan fingerprint density at radius 2 is 1.74 bits per heavy atom. The molecule has 0 aliphatic rings. The van der Waals surface area contributed by atoms with E-state index in [4.69, 9.17) is 9.47 Å². The summed E-state index contributed by atoms with van der Waals surface area (Å²) in [5.41, 5.74) is 0.635. The summed E-state index contributed by atoms with van der Waals surface area (Å²) in [6.07, 6.45) is 1.66. The average molecular weight is 373 g/mol. The van der Waals surface area contributed by atoms with Gasteiger partial charge in [-0.05, 0) is 36.4 Å². The molecule has 2 aromatic rings. The van der Waals surface area contributed by atoms with E-state index < -0.39 is 36.8 Å². The highest BCUT2D eigenvalue weighted by Gasteiger charge is 2.15. The molecule has 1 heterocycles. The van der Waals surface area contributed by atoms with Gasteiger partial charge in [-0.3, -0.25) is 24.5 Å². The maximum Gasteiger partial charge on any atom is 0.325 e. The van der Waals surface area contributed by atoms with Gasteiger partial charge in [-0.15, -0.1) is 0 Å². The summed E-state index contributed by atoms with van der Waals surface area (Å²) in [6, 6.07) is 9.52. The number of carbonyl (C=O) groups is 4. The SMILES string of the molecule is COc1ccc(C(=O)NCC(=O)OCC(=O)NC(=O)c2cccn2C)cc1. The molecular formula is C18H19N3O6. The lowest BCUT2D eigenvalue weighted by molar-refractivity contribution is -0.147. The molecule has 1 aromatic heterocycles. The maximum absolute atomic E-state index is 11.9. The van der Waals surface area contributed by atoms with E-state index in [0.29, 0.717) is 17.0 Å². The first kappa shape index (κ1) is 19.7. The molecule has 0 atom stereocenters. The van der Waals surface area contributed by atoms with E-state index >= 15 is 0 Å². The lowest BCUT2D eigenvalue weighted by atomic mass is 10.2. The van der Waals surface area contributed by atoms with Crippen LogP contribution in [-0.2, 0) is 21.4 Å². The number of ether oxygens (including phenoxy) is 2. The number of esters is 1. The van der Waals surface area contributed by atoms with E-state index in [1.165, 1.54) is 7.11 Å². The van der Waals surface area contributed by atoms with Crippen molar-refractivity contribution >= 4 is 23.7 Å². The second kappa shape index (κ2) is 9.18. The molecular weight excluding hydrogens is 354 g/mol. The molecule has 0 aliphatic heterocycles. The minimum atomic E-state index is -0.807. The van der Waals surface area contributed by atoms with Crippen LogP contribution in [0.2, 0.25) is 0 Å². The normalized spacial score (nSPS) is 10.0. The predicted octanol–water partition coefficient (Wildman–Crippen LogP) is 0.263. The van der Waals surface area contributed by atoms with Gasteiger partial charge >= 0.3 is 5.97 Å². The zero-order valence-corrected chi connectivity index (χ0v) is 14.9. The quantitative estimate of drug-likeness (QED) is 0.673. The third kappa shape index (κ3) is 5.70. The summed E-state index contributed by atoms with van der Waals surface area (Å²) in [4.78, 5) is 47.0. The molecule has 0 radical (unpaired) electrons. The Kier molecular flexibility index (Phi) is 6.70. The first-order valence-electron chi connectivity index (χ1n) is 7.94.